The highest BCUT2D eigenvalue weighted by Crippen LogP contribution is 2.42. The first-order valence-electron chi connectivity index (χ1n) is 9.00. The Morgan fingerprint density at radius 1 is 0.885 bits per heavy atom. The summed E-state index contributed by atoms with van der Waals surface area (Å²) in [5.74, 6) is -0.601. The molecule has 0 bridgehead atoms. The molecule has 0 aromatic carbocycles. The average Bonchev–Trinajstić information content (AvgIpc) is 2.55. The van der Waals surface area contributed by atoms with Crippen LogP contribution in [0.4, 0.5) is 0 Å². The summed E-state index contributed by atoms with van der Waals surface area (Å²) in [6.45, 7) is 10.6. The molecule has 26 heavy (non-hydrogen) atoms. The molecule has 0 rings (SSSR count). The molecule has 154 valence electrons. The van der Waals surface area contributed by atoms with E-state index in [2.05, 4.69) is 10.6 Å². The van der Waals surface area contributed by atoms with Gasteiger partial charge in [0.2, 0.25) is 7.37 Å². The molecular formula is C16H34N3O6P. The normalized spacial score (nSPS) is 13.4. The standard InChI is InChI=1S/C16H34N3O6P/c1-5-23-15(20)12-17-8-10-19(14-26(4,22)25-7-3)11-9-18-13-16(21)24-6-2/h17-18H,5-14H2,1-4H3. The summed E-state index contributed by atoms with van der Waals surface area (Å²) in [7, 11) is -2.72. The smallest absolute Gasteiger partial charge is 0.319 e. The number of hydrogen-bond donors (Lipinski definition) is 2. The molecule has 1 unspecified atom stereocenters. The van der Waals surface area contributed by atoms with Gasteiger partial charge in [0.05, 0.1) is 39.2 Å². The van der Waals surface area contributed by atoms with Crippen molar-refractivity contribution in [3.05, 3.63) is 0 Å². The minimum absolute atomic E-state index is 0.137. The molecule has 0 aromatic heterocycles. The molecule has 0 radical (unpaired) electrons. The van der Waals surface area contributed by atoms with Gasteiger partial charge in [-0.15, -0.1) is 0 Å². The molecule has 0 saturated heterocycles. The van der Waals surface area contributed by atoms with Crippen LogP contribution < -0.4 is 10.6 Å². The zero-order valence-corrected chi connectivity index (χ0v) is 17.3. The Kier molecular flexibility index (Phi) is 14.5. The van der Waals surface area contributed by atoms with Crippen molar-refractivity contribution in [2.45, 2.75) is 20.8 Å². The highest BCUT2D eigenvalue weighted by atomic mass is 31.2. The van der Waals surface area contributed by atoms with Crippen molar-refractivity contribution < 1.29 is 28.2 Å². The Morgan fingerprint density at radius 2 is 1.35 bits per heavy atom. The van der Waals surface area contributed by atoms with Gasteiger partial charge < -0.3 is 24.6 Å². The third kappa shape index (κ3) is 14.2. The van der Waals surface area contributed by atoms with Crippen molar-refractivity contribution in [1.82, 2.24) is 15.5 Å². The van der Waals surface area contributed by atoms with E-state index in [1.807, 2.05) is 11.8 Å². The predicted octanol–water partition coefficient (Wildman–Crippen LogP) is 0.496. The molecule has 0 aliphatic carbocycles. The van der Waals surface area contributed by atoms with Crippen LogP contribution in [0.2, 0.25) is 0 Å². The summed E-state index contributed by atoms with van der Waals surface area (Å²) in [6.07, 6.45) is 0.309. The summed E-state index contributed by atoms with van der Waals surface area (Å²) in [5, 5.41) is 6.00. The van der Waals surface area contributed by atoms with Crippen LogP contribution in [0.25, 0.3) is 0 Å². The molecule has 0 fully saturated rings. The van der Waals surface area contributed by atoms with E-state index in [0.29, 0.717) is 52.3 Å². The molecule has 1 atom stereocenters. The second-order valence-corrected chi connectivity index (χ2v) is 8.22. The van der Waals surface area contributed by atoms with Crippen LogP contribution in [0.5, 0.6) is 0 Å². The lowest BCUT2D eigenvalue weighted by Gasteiger charge is -2.25. The molecule has 0 heterocycles. The minimum Gasteiger partial charge on any atom is -0.465 e. The molecule has 0 saturated carbocycles. The average molecular weight is 395 g/mol. The lowest BCUT2D eigenvalue weighted by molar-refractivity contribution is -0.142. The summed E-state index contributed by atoms with van der Waals surface area (Å²) < 4.78 is 27.5. The third-order valence-electron chi connectivity index (χ3n) is 3.22. The Hall–Kier alpha value is -0.990. The number of nitrogens with zero attached hydrogens (tertiary/aromatic N) is 1. The van der Waals surface area contributed by atoms with Crippen LogP contribution in [0.15, 0.2) is 0 Å². The zero-order chi connectivity index (χ0) is 19.8. The SMILES string of the molecule is CCOC(=O)CNCCN(CCNCC(=O)OCC)CP(C)(=O)OCC. The first-order chi connectivity index (χ1) is 12.3. The van der Waals surface area contributed by atoms with E-state index >= 15 is 0 Å². The van der Waals surface area contributed by atoms with Gasteiger partial charge in [0.15, 0.2) is 0 Å². The van der Waals surface area contributed by atoms with Gasteiger partial charge in [-0.3, -0.25) is 19.1 Å². The van der Waals surface area contributed by atoms with Crippen molar-refractivity contribution in [3.63, 3.8) is 0 Å². The molecule has 0 spiro atoms. The maximum Gasteiger partial charge on any atom is 0.319 e. The molecule has 0 aromatic rings. The summed E-state index contributed by atoms with van der Waals surface area (Å²) in [5.41, 5.74) is 0. The molecular weight excluding hydrogens is 361 g/mol. The quantitative estimate of drug-likeness (QED) is 0.219. The lowest BCUT2D eigenvalue weighted by Crippen LogP contribution is -2.39. The Bertz CT molecular complexity index is 424. The fraction of sp³-hybridized carbons (Fsp3) is 0.875. The van der Waals surface area contributed by atoms with Gasteiger partial charge in [-0.25, -0.2) is 0 Å². The minimum atomic E-state index is -2.72. The molecule has 2 N–H and O–H groups in total. The van der Waals surface area contributed by atoms with E-state index in [1.54, 1.807) is 20.5 Å². The number of esters is 2. The van der Waals surface area contributed by atoms with Gasteiger partial charge in [0.1, 0.15) is 0 Å². The number of ether oxygens (including phenoxy) is 2. The van der Waals surface area contributed by atoms with Crippen molar-refractivity contribution >= 4 is 19.3 Å². The van der Waals surface area contributed by atoms with Gasteiger partial charge in [-0.2, -0.15) is 0 Å². The van der Waals surface area contributed by atoms with Gasteiger partial charge in [0, 0.05) is 32.8 Å². The van der Waals surface area contributed by atoms with Crippen LogP contribution in [0.1, 0.15) is 20.8 Å². The van der Waals surface area contributed by atoms with E-state index in [-0.39, 0.29) is 25.0 Å². The number of nitrogens with one attached hydrogen (secondary N) is 2. The molecule has 0 aliphatic heterocycles. The maximum absolute atomic E-state index is 12.4. The topological polar surface area (TPSA) is 106 Å². The number of carbonyl (C=O) groups is 2. The summed E-state index contributed by atoms with van der Waals surface area (Å²) in [4.78, 5) is 24.6. The van der Waals surface area contributed by atoms with Crippen LogP contribution in [-0.4, -0.2) is 88.9 Å². The fourth-order valence-corrected chi connectivity index (χ4v) is 3.85. The van der Waals surface area contributed by atoms with Crippen molar-refractivity contribution in [2.75, 3.05) is 72.0 Å². The largest absolute Gasteiger partial charge is 0.465 e. The number of carbonyl (C=O) groups excluding carboxylic acids is 2. The number of hydrogen-bond acceptors (Lipinski definition) is 9. The summed E-state index contributed by atoms with van der Waals surface area (Å²) >= 11 is 0. The van der Waals surface area contributed by atoms with Gasteiger partial charge in [0.25, 0.3) is 0 Å². The van der Waals surface area contributed by atoms with E-state index in [0.717, 1.165) is 0 Å². The van der Waals surface area contributed by atoms with Crippen molar-refractivity contribution in [1.29, 1.82) is 0 Å². The van der Waals surface area contributed by atoms with E-state index in [1.165, 1.54) is 0 Å². The highest BCUT2D eigenvalue weighted by Gasteiger charge is 2.20. The zero-order valence-electron chi connectivity index (χ0n) is 16.4. The lowest BCUT2D eigenvalue weighted by atomic mass is 10.4. The molecule has 9 nitrogen and oxygen atoms in total. The first kappa shape index (κ1) is 25.0. The molecule has 0 amide bonds. The Balaban J connectivity index is 4.30. The second kappa shape index (κ2) is 15.1. The molecule has 0 aliphatic rings. The number of rotatable bonds is 16. The molecule has 10 heteroatoms. The maximum atomic E-state index is 12.4. The van der Waals surface area contributed by atoms with E-state index in [9.17, 15) is 14.2 Å². The van der Waals surface area contributed by atoms with E-state index in [4.69, 9.17) is 14.0 Å². The first-order valence-corrected chi connectivity index (χ1v) is 11.3. The van der Waals surface area contributed by atoms with Gasteiger partial charge in [-0.05, 0) is 20.8 Å². The highest BCUT2D eigenvalue weighted by molar-refractivity contribution is 7.58. The van der Waals surface area contributed by atoms with Crippen molar-refractivity contribution in [2.24, 2.45) is 0 Å². The monoisotopic (exact) mass is 395 g/mol. The van der Waals surface area contributed by atoms with Crippen LogP contribution in [-0.2, 0) is 28.2 Å². The van der Waals surface area contributed by atoms with Crippen molar-refractivity contribution in [3.8, 4) is 0 Å². The van der Waals surface area contributed by atoms with Crippen LogP contribution in [0.3, 0.4) is 0 Å². The fourth-order valence-electron chi connectivity index (χ4n) is 2.21. The van der Waals surface area contributed by atoms with Gasteiger partial charge in [-0.1, -0.05) is 0 Å². The Labute approximate surface area is 156 Å². The van der Waals surface area contributed by atoms with Crippen LogP contribution in [0, 0.1) is 0 Å². The Morgan fingerprint density at radius 3 is 1.73 bits per heavy atom. The van der Waals surface area contributed by atoms with Gasteiger partial charge >= 0.3 is 11.9 Å². The summed E-state index contributed by atoms with van der Waals surface area (Å²) in [6, 6.07) is 0. The third-order valence-corrected chi connectivity index (χ3v) is 4.94. The second-order valence-electron chi connectivity index (χ2n) is 5.65. The van der Waals surface area contributed by atoms with E-state index < -0.39 is 7.37 Å². The van der Waals surface area contributed by atoms with Crippen LogP contribution >= 0.6 is 7.37 Å². The predicted molar refractivity (Wildman–Crippen MR) is 101 cm³/mol.